The molecular weight excluding hydrogens is 387 g/mol. The highest BCUT2D eigenvalue weighted by atomic mass is 19.1. The highest BCUT2D eigenvalue weighted by Gasteiger charge is 2.27. The Hall–Kier alpha value is -3.42. The molecule has 3 aromatic rings. The van der Waals surface area contributed by atoms with Crippen LogP contribution >= 0.6 is 0 Å². The minimum atomic E-state index is -0.734. The van der Waals surface area contributed by atoms with Crippen LogP contribution in [0.3, 0.4) is 0 Å². The first kappa shape index (κ1) is 19.9. The fourth-order valence-corrected chi connectivity index (χ4v) is 3.65. The van der Waals surface area contributed by atoms with Gasteiger partial charge < -0.3 is 15.1 Å². The molecule has 2 N–H and O–H groups in total. The third-order valence-electron chi connectivity index (χ3n) is 5.22. The van der Waals surface area contributed by atoms with Crippen LogP contribution in [0, 0.1) is 5.82 Å². The zero-order chi connectivity index (χ0) is 21.1. The van der Waals surface area contributed by atoms with Crippen LogP contribution in [0.5, 0.6) is 0 Å². The number of carbonyl (C=O) groups is 2. The molecule has 1 unspecified atom stereocenters. The van der Waals surface area contributed by atoms with Gasteiger partial charge in [-0.25, -0.2) is 9.07 Å². The maximum absolute atomic E-state index is 13.3. The Morgan fingerprint density at radius 1 is 1.20 bits per heavy atom. The number of hydrogen-bond donors (Lipinski definition) is 2. The summed E-state index contributed by atoms with van der Waals surface area (Å²) in [5.41, 5.74) is 2.89. The van der Waals surface area contributed by atoms with Crippen LogP contribution < -0.4 is 10.6 Å². The number of fused-ring (bicyclic) bond motifs is 1. The van der Waals surface area contributed by atoms with Crippen LogP contribution in [-0.2, 0) is 24.2 Å². The molecule has 0 saturated heterocycles. The quantitative estimate of drug-likeness (QED) is 0.654. The average Bonchev–Trinajstić information content (AvgIpc) is 3.40. The van der Waals surface area contributed by atoms with Gasteiger partial charge in [0.05, 0.1) is 18.5 Å². The van der Waals surface area contributed by atoms with Crippen molar-refractivity contribution >= 4 is 11.8 Å². The first-order valence-electron chi connectivity index (χ1n) is 10.0. The molecule has 8 heteroatoms. The fraction of sp³-hybridized carbons (Fsp3) is 0.318. The molecule has 7 nitrogen and oxygen atoms in total. The topological polar surface area (TPSA) is 89.2 Å². The lowest BCUT2D eigenvalue weighted by molar-refractivity contribution is -0.122. The standard InChI is InChI=1S/C22H23FN4O3/c1-14(21(28)24-13-17-5-4-12-30-17)25-22(29)20-18-6-2-3-7-19(18)27(26-20)16-10-8-15(23)9-11-16/h4-5,8-12,14H,2-3,6-7,13H2,1H3,(H,24,28)(H,25,29). The van der Waals surface area contributed by atoms with Crippen molar-refractivity contribution in [3.05, 3.63) is 71.2 Å². The summed E-state index contributed by atoms with van der Waals surface area (Å²) in [6.07, 6.45) is 5.06. The minimum absolute atomic E-state index is 0.251. The van der Waals surface area contributed by atoms with Crippen LogP contribution in [0.1, 0.15) is 47.3 Å². The number of amides is 2. The Balaban J connectivity index is 1.50. The molecule has 2 amide bonds. The zero-order valence-electron chi connectivity index (χ0n) is 16.7. The van der Waals surface area contributed by atoms with Crippen molar-refractivity contribution in [2.24, 2.45) is 0 Å². The average molecular weight is 410 g/mol. The van der Waals surface area contributed by atoms with Gasteiger partial charge in [-0.15, -0.1) is 0 Å². The summed E-state index contributed by atoms with van der Waals surface area (Å²) in [5, 5.41) is 9.99. The van der Waals surface area contributed by atoms with E-state index in [0.29, 0.717) is 17.1 Å². The van der Waals surface area contributed by atoms with Crippen molar-refractivity contribution in [2.45, 2.75) is 45.2 Å². The number of carbonyl (C=O) groups excluding carboxylic acids is 2. The van der Waals surface area contributed by atoms with Gasteiger partial charge in [-0.05, 0) is 69.0 Å². The minimum Gasteiger partial charge on any atom is -0.467 e. The fourth-order valence-electron chi connectivity index (χ4n) is 3.65. The molecule has 4 rings (SSSR count). The van der Waals surface area contributed by atoms with Gasteiger partial charge in [0.1, 0.15) is 17.6 Å². The summed E-state index contributed by atoms with van der Waals surface area (Å²) in [4.78, 5) is 25.2. The van der Waals surface area contributed by atoms with E-state index in [2.05, 4.69) is 15.7 Å². The molecule has 0 aliphatic heterocycles. The van der Waals surface area contributed by atoms with E-state index in [1.807, 2.05) is 0 Å². The second kappa shape index (κ2) is 8.52. The number of hydrogen-bond acceptors (Lipinski definition) is 4. The Morgan fingerprint density at radius 2 is 1.97 bits per heavy atom. The van der Waals surface area contributed by atoms with Gasteiger partial charge in [0.15, 0.2) is 5.69 Å². The maximum atomic E-state index is 13.3. The van der Waals surface area contributed by atoms with Gasteiger partial charge in [-0.1, -0.05) is 0 Å². The summed E-state index contributed by atoms with van der Waals surface area (Å²) < 4.78 is 20.2. The van der Waals surface area contributed by atoms with E-state index >= 15 is 0 Å². The summed E-state index contributed by atoms with van der Waals surface area (Å²) in [5.74, 6) is -0.401. The van der Waals surface area contributed by atoms with Gasteiger partial charge in [0, 0.05) is 11.3 Å². The van der Waals surface area contributed by atoms with E-state index in [1.54, 1.807) is 35.9 Å². The van der Waals surface area contributed by atoms with Gasteiger partial charge in [0.25, 0.3) is 5.91 Å². The third-order valence-corrected chi connectivity index (χ3v) is 5.22. The van der Waals surface area contributed by atoms with Gasteiger partial charge in [-0.3, -0.25) is 9.59 Å². The van der Waals surface area contributed by atoms with Crippen LogP contribution in [0.15, 0.2) is 47.1 Å². The number of rotatable bonds is 6. The second-order valence-corrected chi connectivity index (χ2v) is 7.36. The van der Waals surface area contributed by atoms with Crippen molar-refractivity contribution in [3.63, 3.8) is 0 Å². The Labute approximate surface area is 173 Å². The molecule has 156 valence electrons. The highest BCUT2D eigenvalue weighted by Crippen LogP contribution is 2.27. The number of nitrogens with one attached hydrogen (secondary N) is 2. The van der Waals surface area contributed by atoms with E-state index in [1.165, 1.54) is 18.4 Å². The van der Waals surface area contributed by atoms with E-state index in [4.69, 9.17) is 4.42 Å². The molecule has 1 aliphatic rings. The Morgan fingerprint density at radius 3 is 2.70 bits per heavy atom. The molecular formula is C22H23FN4O3. The highest BCUT2D eigenvalue weighted by molar-refractivity contribution is 5.97. The van der Waals surface area contributed by atoms with Crippen molar-refractivity contribution < 1.29 is 18.4 Å². The van der Waals surface area contributed by atoms with Crippen LogP contribution in [0.2, 0.25) is 0 Å². The Bertz CT molecular complexity index is 1040. The molecule has 1 aromatic carbocycles. The van der Waals surface area contributed by atoms with Crippen LogP contribution in [0.25, 0.3) is 5.69 Å². The number of nitrogens with zero attached hydrogens (tertiary/aromatic N) is 2. The van der Waals surface area contributed by atoms with Crippen molar-refractivity contribution in [1.82, 2.24) is 20.4 Å². The van der Waals surface area contributed by atoms with Gasteiger partial charge in [0.2, 0.25) is 5.91 Å². The third kappa shape index (κ3) is 4.12. The molecule has 30 heavy (non-hydrogen) atoms. The smallest absolute Gasteiger partial charge is 0.272 e. The van der Waals surface area contributed by atoms with Crippen molar-refractivity contribution in [3.8, 4) is 5.69 Å². The number of furan rings is 1. The molecule has 0 saturated carbocycles. The molecule has 1 aliphatic carbocycles. The van der Waals surface area contributed by atoms with Gasteiger partial charge in [-0.2, -0.15) is 5.10 Å². The van der Waals surface area contributed by atoms with Gasteiger partial charge >= 0.3 is 0 Å². The van der Waals surface area contributed by atoms with E-state index in [-0.39, 0.29) is 18.3 Å². The Kier molecular flexibility index (Phi) is 5.65. The lowest BCUT2D eigenvalue weighted by Crippen LogP contribution is -2.44. The zero-order valence-corrected chi connectivity index (χ0v) is 16.7. The summed E-state index contributed by atoms with van der Waals surface area (Å²) in [6, 6.07) is 8.80. The van der Waals surface area contributed by atoms with E-state index < -0.39 is 11.9 Å². The monoisotopic (exact) mass is 410 g/mol. The molecule has 0 bridgehead atoms. The predicted molar refractivity (Wildman–Crippen MR) is 108 cm³/mol. The first-order valence-corrected chi connectivity index (χ1v) is 10.0. The van der Waals surface area contributed by atoms with E-state index in [9.17, 15) is 14.0 Å². The second-order valence-electron chi connectivity index (χ2n) is 7.36. The molecule has 2 aromatic heterocycles. The largest absolute Gasteiger partial charge is 0.467 e. The predicted octanol–water partition coefficient (Wildman–Crippen LogP) is 2.92. The summed E-state index contributed by atoms with van der Waals surface area (Å²) in [6.45, 7) is 1.87. The lowest BCUT2D eigenvalue weighted by Gasteiger charge is -2.15. The van der Waals surface area contributed by atoms with Crippen molar-refractivity contribution in [1.29, 1.82) is 0 Å². The first-order chi connectivity index (χ1) is 14.5. The van der Waals surface area contributed by atoms with Crippen LogP contribution in [0.4, 0.5) is 4.39 Å². The molecule has 0 spiro atoms. The number of aromatic nitrogens is 2. The molecule has 0 fully saturated rings. The van der Waals surface area contributed by atoms with E-state index in [0.717, 1.165) is 36.9 Å². The summed E-state index contributed by atoms with van der Waals surface area (Å²) in [7, 11) is 0. The normalized spacial score (nSPS) is 14.1. The number of halogens is 1. The van der Waals surface area contributed by atoms with Crippen molar-refractivity contribution in [2.75, 3.05) is 0 Å². The maximum Gasteiger partial charge on any atom is 0.272 e. The SMILES string of the molecule is CC(NC(=O)c1nn(-c2ccc(F)cc2)c2c1CCCC2)C(=O)NCc1ccco1. The summed E-state index contributed by atoms with van der Waals surface area (Å²) >= 11 is 0. The lowest BCUT2D eigenvalue weighted by atomic mass is 9.95. The van der Waals surface area contributed by atoms with Crippen LogP contribution in [-0.4, -0.2) is 27.6 Å². The molecule has 1 atom stereocenters. The molecule has 0 radical (unpaired) electrons. The molecule has 2 heterocycles. The number of benzene rings is 1.